The van der Waals surface area contributed by atoms with Gasteiger partial charge in [0.25, 0.3) is 0 Å². The first-order valence-electron chi connectivity index (χ1n) is 9.60. The number of carbonyl (C=O) groups excluding carboxylic acids is 1. The summed E-state index contributed by atoms with van der Waals surface area (Å²) < 4.78 is 38.0. The van der Waals surface area contributed by atoms with Gasteiger partial charge in [0.2, 0.25) is 11.9 Å². The maximum Gasteiger partial charge on any atom is 0.433 e. The number of nitrogens with one attached hydrogen (secondary N) is 3. The van der Waals surface area contributed by atoms with Gasteiger partial charge in [-0.2, -0.15) is 13.2 Å². The van der Waals surface area contributed by atoms with Crippen LogP contribution in [0.25, 0.3) is 0 Å². The summed E-state index contributed by atoms with van der Waals surface area (Å²) >= 11 is 0. The average molecular weight is 415 g/mol. The lowest BCUT2D eigenvalue weighted by molar-refractivity contribution is -0.141. The highest BCUT2D eigenvalue weighted by atomic mass is 19.4. The van der Waals surface area contributed by atoms with Gasteiger partial charge in [-0.1, -0.05) is 13.8 Å². The third-order valence-corrected chi connectivity index (χ3v) is 4.51. The largest absolute Gasteiger partial charge is 0.433 e. The zero-order chi connectivity index (χ0) is 21.4. The minimum Gasteiger partial charge on any atom is -0.355 e. The quantitative estimate of drug-likeness (QED) is 0.372. The molecule has 1 aliphatic heterocycles. The minimum absolute atomic E-state index is 0.00208. The number of hydrogen-bond acceptors (Lipinski definition) is 5. The van der Waals surface area contributed by atoms with Gasteiger partial charge in [-0.3, -0.25) is 9.79 Å². The number of guanidine groups is 1. The molecule has 2 rings (SSSR count). The molecule has 1 aromatic rings. The molecule has 0 saturated carbocycles. The van der Waals surface area contributed by atoms with Gasteiger partial charge in [0, 0.05) is 51.4 Å². The van der Waals surface area contributed by atoms with Gasteiger partial charge < -0.3 is 20.9 Å². The molecule has 1 saturated heterocycles. The molecule has 1 aromatic heterocycles. The van der Waals surface area contributed by atoms with E-state index < -0.39 is 11.9 Å². The highest BCUT2D eigenvalue weighted by Crippen LogP contribution is 2.27. The highest BCUT2D eigenvalue weighted by molar-refractivity contribution is 5.80. The number of nitrogens with zero attached hydrogens (tertiary/aromatic N) is 4. The lowest BCUT2D eigenvalue weighted by atomic mass is 10.0. The summed E-state index contributed by atoms with van der Waals surface area (Å²) in [6, 6.07) is 1.03. The summed E-state index contributed by atoms with van der Waals surface area (Å²) in [6.07, 6.45) is -1.77. The Morgan fingerprint density at radius 3 is 2.59 bits per heavy atom. The fraction of sp³-hybridized carbons (Fsp3) is 0.667. The molecule has 0 spiro atoms. The number of carbonyl (C=O) groups is 1. The molecule has 162 valence electrons. The van der Waals surface area contributed by atoms with E-state index in [2.05, 4.69) is 30.9 Å². The van der Waals surface area contributed by atoms with E-state index in [0.29, 0.717) is 32.1 Å². The topological polar surface area (TPSA) is 94.5 Å². The van der Waals surface area contributed by atoms with Crippen molar-refractivity contribution in [2.75, 3.05) is 38.5 Å². The molecular formula is C18H28F3N7O. The average Bonchev–Trinajstić information content (AvgIpc) is 2.69. The Morgan fingerprint density at radius 1 is 1.31 bits per heavy atom. The zero-order valence-electron chi connectivity index (χ0n) is 16.9. The van der Waals surface area contributed by atoms with Gasteiger partial charge in [-0.15, -0.1) is 0 Å². The number of aromatic nitrogens is 2. The normalized spacial score (nSPS) is 16.1. The second-order valence-corrected chi connectivity index (χ2v) is 7.09. The van der Waals surface area contributed by atoms with E-state index in [4.69, 9.17) is 0 Å². The van der Waals surface area contributed by atoms with Crippen LogP contribution in [-0.4, -0.2) is 66.0 Å². The van der Waals surface area contributed by atoms with E-state index >= 15 is 0 Å². The fourth-order valence-corrected chi connectivity index (χ4v) is 2.95. The Morgan fingerprint density at radius 2 is 2.00 bits per heavy atom. The predicted molar refractivity (Wildman–Crippen MR) is 104 cm³/mol. The first-order chi connectivity index (χ1) is 13.7. The molecule has 8 nitrogen and oxygen atoms in total. The maximum atomic E-state index is 12.7. The van der Waals surface area contributed by atoms with E-state index in [9.17, 15) is 18.0 Å². The van der Waals surface area contributed by atoms with E-state index in [1.807, 2.05) is 18.7 Å². The molecule has 0 atom stereocenters. The summed E-state index contributed by atoms with van der Waals surface area (Å²) in [7, 11) is 1.65. The van der Waals surface area contributed by atoms with Gasteiger partial charge in [0.1, 0.15) is 5.69 Å². The van der Waals surface area contributed by atoms with Gasteiger partial charge in [0.05, 0.1) is 0 Å². The first-order valence-corrected chi connectivity index (χ1v) is 9.60. The van der Waals surface area contributed by atoms with Crippen LogP contribution in [0, 0.1) is 5.92 Å². The summed E-state index contributed by atoms with van der Waals surface area (Å²) in [5.74, 6) is 0.702. The maximum absolute atomic E-state index is 12.7. The van der Waals surface area contributed by atoms with Crippen molar-refractivity contribution in [3.05, 3.63) is 18.0 Å². The Balaban J connectivity index is 1.72. The van der Waals surface area contributed by atoms with Gasteiger partial charge in [-0.05, 0) is 18.9 Å². The zero-order valence-corrected chi connectivity index (χ0v) is 16.9. The molecule has 29 heavy (non-hydrogen) atoms. The summed E-state index contributed by atoms with van der Waals surface area (Å²) in [6.45, 7) is 5.96. The fourth-order valence-electron chi connectivity index (χ4n) is 2.95. The number of hydrogen-bond donors (Lipinski definition) is 3. The SMILES string of the molecule is CN=C(NCCNc1nccc(C(F)(F)F)n1)NC1CCN(C(=O)C(C)C)CC1. The second kappa shape index (κ2) is 10.3. The molecule has 0 radical (unpaired) electrons. The number of likely N-dealkylation sites (tertiary alicyclic amines) is 1. The monoisotopic (exact) mass is 415 g/mol. The smallest absolute Gasteiger partial charge is 0.355 e. The van der Waals surface area contributed by atoms with Gasteiger partial charge in [0.15, 0.2) is 5.96 Å². The van der Waals surface area contributed by atoms with E-state index in [-0.39, 0.29) is 23.8 Å². The number of piperidine rings is 1. The minimum atomic E-state index is -4.50. The number of amides is 1. The van der Waals surface area contributed by atoms with Crippen LogP contribution >= 0.6 is 0 Å². The van der Waals surface area contributed by atoms with Crippen LogP contribution < -0.4 is 16.0 Å². The van der Waals surface area contributed by atoms with Crippen molar-refractivity contribution < 1.29 is 18.0 Å². The third kappa shape index (κ3) is 7.06. The lowest BCUT2D eigenvalue weighted by Crippen LogP contribution is -2.50. The molecule has 1 fully saturated rings. The Kier molecular flexibility index (Phi) is 8.03. The Hall–Kier alpha value is -2.59. The Labute approximate surface area is 168 Å². The van der Waals surface area contributed by atoms with Crippen molar-refractivity contribution in [3.63, 3.8) is 0 Å². The molecule has 1 amide bonds. The van der Waals surface area contributed by atoms with Crippen molar-refractivity contribution >= 4 is 17.8 Å². The number of halogens is 3. The number of anilines is 1. The van der Waals surface area contributed by atoms with Crippen LogP contribution in [0.4, 0.5) is 19.1 Å². The molecule has 2 heterocycles. The molecule has 0 unspecified atom stereocenters. The van der Waals surface area contributed by atoms with E-state index in [1.165, 1.54) is 0 Å². The number of aliphatic imine (C=N–C) groups is 1. The summed E-state index contributed by atoms with van der Waals surface area (Å²) in [5.41, 5.74) is -0.984. The van der Waals surface area contributed by atoms with Gasteiger partial charge >= 0.3 is 6.18 Å². The van der Waals surface area contributed by atoms with Crippen molar-refractivity contribution in [1.82, 2.24) is 25.5 Å². The second-order valence-electron chi connectivity index (χ2n) is 7.09. The molecule has 1 aliphatic rings. The first kappa shape index (κ1) is 22.7. The van der Waals surface area contributed by atoms with Crippen LogP contribution in [0.1, 0.15) is 32.4 Å². The summed E-state index contributed by atoms with van der Waals surface area (Å²) in [4.78, 5) is 25.3. The predicted octanol–water partition coefficient (Wildman–Crippen LogP) is 1.72. The van der Waals surface area contributed by atoms with E-state index in [1.54, 1.807) is 7.05 Å². The molecule has 0 aliphatic carbocycles. The van der Waals surface area contributed by atoms with Crippen LogP contribution in [0.2, 0.25) is 0 Å². The van der Waals surface area contributed by atoms with Crippen LogP contribution in [0.15, 0.2) is 17.3 Å². The standard InChI is InChI=1S/C18H28F3N7O/c1-12(2)15(29)28-10-5-13(6-11-28)26-16(22-3)24-8-9-25-17-23-7-4-14(27-17)18(19,20)21/h4,7,12-13H,5-6,8-11H2,1-3H3,(H2,22,24,26)(H,23,25,27). The van der Waals surface area contributed by atoms with Crippen LogP contribution in [0.5, 0.6) is 0 Å². The van der Waals surface area contributed by atoms with Crippen molar-refractivity contribution in [3.8, 4) is 0 Å². The molecule has 3 N–H and O–H groups in total. The molecule has 11 heteroatoms. The van der Waals surface area contributed by atoms with Gasteiger partial charge in [-0.25, -0.2) is 9.97 Å². The van der Waals surface area contributed by atoms with Crippen molar-refractivity contribution in [1.29, 1.82) is 0 Å². The number of alkyl halides is 3. The van der Waals surface area contributed by atoms with Crippen LogP contribution in [0.3, 0.4) is 0 Å². The van der Waals surface area contributed by atoms with Crippen LogP contribution in [-0.2, 0) is 11.0 Å². The third-order valence-electron chi connectivity index (χ3n) is 4.51. The lowest BCUT2D eigenvalue weighted by Gasteiger charge is -2.34. The Bertz CT molecular complexity index is 701. The molecular weight excluding hydrogens is 387 g/mol. The molecule has 0 aromatic carbocycles. The molecule has 0 bridgehead atoms. The summed E-state index contributed by atoms with van der Waals surface area (Å²) in [5, 5.41) is 9.17. The van der Waals surface area contributed by atoms with E-state index in [0.717, 1.165) is 25.1 Å². The number of rotatable bonds is 6. The highest BCUT2D eigenvalue weighted by Gasteiger charge is 2.32. The van der Waals surface area contributed by atoms with Crippen molar-refractivity contribution in [2.24, 2.45) is 10.9 Å². The van der Waals surface area contributed by atoms with Crippen molar-refractivity contribution in [2.45, 2.75) is 38.9 Å².